The van der Waals surface area contributed by atoms with Gasteiger partial charge in [-0.3, -0.25) is 0 Å². The Morgan fingerprint density at radius 3 is 0.947 bits per heavy atom. The first-order valence-electron chi connectivity index (χ1n) is 25.2. The molecule has 0 saturated heterocycles. The molecule has 346 valence electrons. The summed E-state index contributed by atoms with van der Waals surface area (Å²) in [4.78, 5) is 4.76. The first-order chi connectivity index (χ1) is 37.2. The lowest BCUT2D eigenvalue weighted by Crippen LogP contribution is -2.15. The van der Waals surface area contributed by atoms with Gasteiger partial charge in [-0.25, -0.2) is 4.85 Å². The SMILES string of the molecule is [C-]#[N+]c1c(-n2c3ccccc3c3ccccc32)c(C#N)c(-n2c3ccccc3c3ccc4c5ccccc5n(-c5ccccc5)c4c32)c(-n2c3ccccc3c3ccccc32)c1-n1c2ccccc2c2ccccc21. The van der Waals surface area contributed by atoms with Gasteiger partial charge in [-0.2, -0.15) is 5.26 Å². The van der Waals surface area contributed by atoms with E-state index in [1.54, 1.807) is 0 Å². The standard InChI is InChI=1S/C68H39N7/c1-70-62-63(72-55-32-14-5-23-43(55)44-24-6-15-33-56(44)72)53(41-69)66(75-61-38-20-12-30-50(61)52-40-39-51-49-29-11-13-31-54(49)71(64(51)65(52)75)42-21-3-2-4-22-42)68(74-59-36-18-9-27-47(59)48-28-10-19-37-60(48)74)67(62)73-57-34-16-7-25-45(57)46-26-8-17-35-58(46)73/h2-40H. The number of hydrogen-bond donors (Lipinski definition) is 0. The van der Waals surface area contributed by atoms with Gasteiger partial charge in [-0.05, 0) is 60.7 Å². The van der Waals surface area contributed by atoms with E-state index in [-0.39, 0.29) is 0 Å². The van der Waals surface area contributed by atoms with E-state index in [9.17, 15) is 11.8 Å². The Kier molecular flexibility index (Phi) is 8.46. The van der Waals surface area contributed by atoms with Gasteiger partial charge >= 0.3 is 0 Å². The van der Waals surface area contributed by atoms with E-state index in [1.807, 2.05) is 0 Å². The molecular weight excluding hydrogens is 915 g/mol. The third kappa shape index (κ3) is 5.40. The molecule has 5 heterocycles. The average molecular weight is 954 g/mol. The van der Waals surface area contributed by atoms with Crippen molar-refractivity contribution >= 4 is 115 Å². The zero-order valence-electron chi connectivity index (χ0n) is 40.1. The molecule has 0 aliphatic rings. The van der Waals surface area contributed by atoms with Gasteiger partial charge < -0.3 is 22.8 Å². The third-order valence-corrected chi connectivity index (χ3v) is 15.7. The van der Waals surface area contributed by atoms with Crippen LogP contribution >= 0.6 is 0 Å². The van der Waals surface area contributed by atoms with Gasteiger partial charge in [0.15, 0.2) is 0 Å². The molecule has 0 bridgehead atoms. The van der Waals surface area contributed by atoms with Crippen LogP contribution in [-0.4, -0.2) is 22.8 Å². The predicted molar refractivity (Wildman–Crippen MR) is 309 cm³/mol. The minimum absolute atomic E-state index is 0.356. The van der Waals surface area contributed by atoms with Crippen LogP contribution in [0.15, 0.2) is 237 Å². The fourth-order valence-corrected chi connectivity index (χ4v) is 12.8. The summed E-state index contributed by atoms with van der Waals surface area (Å²) in [6, 6.07) is 86.2. The van der Waals surface area contributed by atoms with Crippen molar-refractivity contribution in [3.63, 3.8) is 0 Å². The minimum Gasteiger partial charge on any atom is -0.318 e. The van der Waals surface area contributed by atoms with Gasteiger partial charge in [0, 0.05) is 59.5 Å². The van der Waals surface area contributed by atoms with Gasteiger partial charge in [-0.1, -0.05) is 176 Å². The molecule has 16 aromatic rings. The second-order valence-corrected chi connectivity index (χ2v) is 19.3. The van der Waals surface area contributed by atoms with Crippen LogP contribution in [0.2, 0.25) is 0 Å². The molecule has 0 amide bonds. The quantitative estimate of drug-likeness (QED) is 0.159. The Morgan fingerprint density at radius 2 is 0.573 bits per heavy atom. The van der Waals surface area contributed by atoms with Crippen LogP contribution in [0, 0.1) is 17.9 Å². The molecule has 0 N–H and O–H groups in total. The highest BCUT2D eigenvalue weighted by Gasteiger charge is 2.35. The van der Waals surface area contributed by atoms with E-state index in [0.717, 1.165) is 115 Å². The summed E-state index contributed by atoms with van der Waals surface area (Å²) in [5, 5.41) is 23.3. The van der Waals surface area contributed by atoms with Crippen LogP contribution in [0.5, 0.6) is 0 Å². The molecule has 75 heavy (non-hydrogen) atoms. The molecule has 16 rings (SSSR count). The number of nitrogens with zero attached hydrogens (tertiary/aromatic N) is 7. The molecule has 7 nitrogen and oxygen atoms in total. The maximum absolute atomic E-state index is 12.7. The van der Waals surface area contributed by atoms with Crippen molar-refractivity contribution < 1.29 is 0 Å². The largest absolute Gasteiger partial charge is 0.318 e. The van der Waals surface area contributed by atoms with E-state index >= 15 is 0 Å². The summed E-state index contributed by atoms with van der Waals surface area (Å²) >= 11 is 0. The van der Waals surface area contributed by atoms with Crippen LogP contribution in [0.1, 0.15) is 5.56 Å². The Hall–Kier alpha value is -10.6. The Morgan fingerprint density at radius 1 is 0.280 bits per heavy atom. The summed E-state index contributed by atoms with van der Waals surface area (Å²) in [6.07, 6.45) is 0. The Balaban J connectivity index is 1.26. The molecule has 5 aromatic heterocycles. The highest BCUT2D eigenvalue weighted by molar-refractivity contribution is 6.25. The summed E-state index contributed by atoms with van der Waals surface area (Å²) in [5.74, 6) is 0. The number of benzene rings is 11. The molecule has 0 aliphatic carbocycles. The third-order valence-electron chi connectivity index (χ3n) is 15.7. The second kappa shape index (κ2) is 15.5. The summed E-state index contributed by atoms with van der Waals surface area (Å²) in [6.45, 7) is 9.75. The van der Waals surface area contributed by atoms with Crippen LogP contribution < -0.4 is 0 Å². The highest BCUT2D eigenvalue weighted by atomic mass is 15.1. The number of fused-ring (bicyclic) bond motifs is 16. The lowest BCUT2D eigenvalue weighted by atomic mass is 10.0. The summed E-state index contributed by atoms with van der Waals surface area (Å²) in [5.41, 5.74) is 13.9. The zero-order chi connectivity index (χ0) is 49.5. The van der Waals surface area contributed by atoms with Crippen LogP contribution in [0.4, 0.5) is 5.69 Å². The normalized spacial score (nSPS) is 12.0. The molecule has 0 saturated carbocycles. The Bertz CT molecular complexity index is 5060. The van der Waals surface area contributed by atoms with Crippen molar-refractivity contribution in [3.8, 4) is 34.5 Å². The van der Waals surface area contributed by atoms with E-state index < -0.39 is 0 Å². The molecular formula is C68H39N7. The fourth-order valence-electron chi connectivity index (χ4n) is 12.8. The van der Waals surface area contributed by atoms with Crippen molar-refractivity contribution in [2.45, 2.75) is 0 Å². The van der Waals surface area contributed by atoms with Gasteiger partial charge in [-0.15, -0.1) is 0 Å². The van der Waals surface area contributed by atoms with Gasteiger partial charge in [0.2, 0.25) is 5.69 Å². The first kappa shape index (κ1) is 41.1. The van der Waals surface area contributed by atoms with Crippen LogP contribution in [-0.2, 0) is 0 Å². The minimum atomic E-state index is 0.356. The number of para-hydroxylation sites is 9. The molecule has 0 spiro atoms. The van der Waals surface area contributed by atoms with E-state index in [4.69, 9.17) is 4.85 Å². The van der Waals surface area contributed by atoms with Crippen molar-refractivity contribution in [2.24, 2.45) is 0 Å². The maximum atomic E-state index is 12.7. The van der Waals surface area contributed by atoms with Crippen LogP contribution in [0.25, 0.3) is 142 Å². The van der Waals surface area contributed by atoms with Gasteiger partial charge in [0.05, 0.1) is 90.1 Å². The lowest BCUT2D eigenvalue weighted by Gasteiger charge is -2.27. The molecule has 0 unspecified atom stereocenters. The smallest absolute Gasteiger partial charge is 0.237 e. The molecule has 0 aliphatic heterocycles. The fraction of sp³-hybridized carbons (Fsp3) is 0. The van der Waals surface area contributed by atoms with Crippen molar-refractivity contribution in [3.05, 3.63) is 254 Å². The highest BCUT2D eigenvalue weighted by Crippen LogP contribution is 2.52. The van der Waals surface area contributed by atoms with Crippen LogP contribution in [0.3, 0.4) is 0 Å². The second-order valence-electron chi connectivity index (χ2n) is 19.3. The Labute approximate surface area is 428 Å². The van der Waals surface area contributed by atoms with Crippen molar-refractivity contribution in [1.29, 1.82) is 5.26 Å². The number of nitriles is 1. The first-order valence-corrected chi connectivity index (χ1v) is 25.2. The molecule has 0 radical (unpaired) electrons. The summed E-state index contributed by atoms with van der Waals surface area (Å²) in [7, 11) is 0. The van der Waals surface area contributed by atoms with Crippen molar-refractivity contribution in [1.82, 2.24) is 22.8 Å². The van der Waals surface area contributed by atoms with E-state index in [0.29, 0.717) is 34.0 Å². The number of hydrogen-bond acceptors (Lipinski definition) is 1. The number of rotatable bonds is 5. The predicted octanol–water partition coefficient (Wildman–Crippen LogP) is 17.6. The summed E-state index contributed by atoms with van der Waals surface area (Å²) < 4.78 is 11.6. The molecule has 0 atom stereocenters. The topological polar surface area (TPSA) is 52.8 Å². The molecule has 7 heteroatoms. The molecule has 0 fully saturated rings. The number of aromatic nitrogens is 5. The monoisotopic (exact) mass is 953 g/mol. The van der Waals surface area contributed by atoms with E-state index in [2.05, 4.69) is 265 Å². The lowest BCUT2D eigenvalue weighted by molar-refractivity contribution is 1.03. The maximum Gasteiger partial charge on any atom is 0.237 e. The van der Waals surface area contributed by atoms with E-state index in [1.165, 1.54) is 0 Å². The van der Waals surface area contributed by atoms with Gasteiger partial charge in [0.25, 0.3) is 0 Å². The van der Waals surface area contributed by atoms with Crippen molar-refractivity contribution in [2.75, 3.05) is 0 Å². The zero-order valence-corrected chi connectivity index (χ0v) is 40.1. The average Bonchev–Trinajstić information content (AvgIpc) is 4.31. The van der Waals surface area contributed by atoms with Gasteiger partial charge in [0.1, 0.15) is 6.07 Å². The molecule has 11 aromatic carbocycles.